The van der Waals surface area contributed by atoms with Gasteiger partial charge in [0.1, 0.15) is 5.75 Å². The maximum Gasteiger partial charge on any atom is 0.122 e. The first-order valence-electron chi connectivity index (χ1n) is 7.32. The van der Waals surface area contributed by atoms with Gasteiger partial charge in [-0.25, -0.2) is 0 Å². The number of para-hydroxylation sites is 1. The number of nitrogens with one attached hydrogen (secondary N) is 1. The first-order valence-corrected chi connectivity index (χ1v) is 7.76. The molecule has 2 nitrogen and oxygen atoms in total. The van der Waals surface area contributed by atoms with E-state index in [9.17, 15) is 0 Å². The number of ether oxygens (including phenoxy) is 1. The molecule has 0 spiro atoms. The standard InChI is InChI=1S/C16H24ClNO/c1-3-12(4-2)15(17)10-18-9-13-11-19-16-8-6-5-7-14(13)16/h5-8,12-13,15,18H,3-4,9-11H2,1-2H3. The van der Waals surface area contributed by atoms with Crippen LogP contribution in [0.4, 0.5) is 0 Å². The molecule has 3 heteroatoms. The van der Waals surface area contributed by atoms with Gasteiger partial charge in [0, 0.05) is 29.9 Å². The molecular weight excluding hydrogens is 258 g/mol. The molecule has 1 N–H and O–H groups in total. The predicted octanol–water partition coefficient (Wildman–Crippen LogP) is 3.80. The number of rotatable bonds is 7. The van der Waals surface area contributed by atoms with E-state index in [4.69, 9.17) is 16.3 Å². The number of halogens is 1. The molecule has 1 heterocycles. The quantitative estimate of drug-likeness (QED) is 0.768. The zero-order chi connectivity index (χ0) is 13.7. The Bertz CT molecular complexity index is 392. The predicted molar refractivity (Wildman–Crippen MR) is 81.3 cm³/mol. The van der Waals surface area contributed by atoms with Crippen LogP contribution >= 0.6 is 11.6 Å². The van der Waals surface area contributed by atoms with Gasteiger partial charge in [0.2, 0.25) is 0 Å². The van der Waals surface area contributed by atoms with Crippen LogP contribution in [-0.2, 0) is 0 Å². The smallest absolute Gasteiger partial charge is 0.122 e. The Morgan fingerprint density at radius 2 is 2.05 bits per heavy atom. The number of benzene rings is 1. The van der Waals surface area contributed by atoms with Crippen LogP contribution in [0, 0.1) is 5.92 Å². The van der Waals surface area contributed by atoms with Crippen LogP contribution in [-0.4, -0.2) is 25.1 Å². The molecule has 1 aromatic rings. The van der Waals surface area contributed by atoms with Gasteiger partial charge in [0.25, 0.3) is 0 Å². The summed E-state index contributed by atoms with van der Waals surface area (Å²) in [6.07, 6.45) is 2.31. The first kappa shape index (κ1) is 14.7. The summed E-state index contributed by atoms with van der Waals surface area (Å²) in [5.74, 6) is 2.11. The summed E-state index contributed by atoms with van der Waals surface area (Å²) in [6.45, 7) is 7.03. The second-order valence-corrected chi connectivity index (χ2v) is 5.86. The minimum Gasteiger partial charge on any atom is -0.493 e. The Balaban J connectivity index is 1.78. The minimum atomic E-state index is 0.229. The fourth-order valence-corrected chi connectivity index (χ4v) is 3.23. The molecule has 0 bridgehead atoms. The third-order valence-electron chi connectivity index (χ3n) is 4.09. The molecule has 0 fully saturated rings. The Labute approximate surface area is 121 Å². The maximum atomic E-state index is 6.44. The average molecular weight is 282 g/mol. The Hall–Kier alpha value is -0.730. The Morgan fingerprint density at radius 3 is 2.79 bits per heavy atom. The molecule has 0 saturated heterocycles. The van der Waals surface area contributed by atoms with Crippen LogP contribution in [0.25, 0.3) is 0 Å². The van der Waals surface area contributed by atoms with Crippen molar-refractivity contribution in [2.24, 2.45) is 5.92 Å². The van der Waals surface area contributed by atoms with Crippen molar-refractivity contribution in [2.45, 2.75) is 38.0 Å². The fourth-order valence-electron chi connectivity index (χ4n) is 2.76. The molecule has 0 saturated carbocycles. The van der Waals surface area contributed by atoms with Gasteiger partial charge in [-0.1, -0.05) is 44.9 Å². The number of hydrogen-bond acceptors (Lipinski definition) is 2. The molecule has 1 aliphatic rings. The average Bonchev–Trinajstić information content (AvgIpc) is 2.84. The highest BCUT2D eigenvalue weighted by molar-refractivity contribution is 6.21. The van der Waals surface area contributed by atoms with E-state index in [0.717, 1.165) is 38.3 Å². The third kappa shape index (κ3) is 3.64. The first-order chi connectivity index (χ1) is 9.26. The number of fused-ring (bicyclic) bond motifs is 1. The van der Waals surface area contributed by atoms with Gasteiger partial charge in [0.15, 0.2) is 0 Å². The molecule has 2 atom stereocenters. The highest BCUT2D eigenvalue weighted by atomic mass is 35.5. The van der Waals surface area contributed by atoms with Gasteiger partial charge in [0.05, 0.1) is 6.61 Å². The summed E-state index contributed by atoms with van der Waals surface area (Å²) in [4.78, 5) is 0. The molecule has 0 amide bonds. The topological polar surface area (TPSA) is 21.3 Å². The maximum absolute atomic E-state index is 6.44. The van der Waals surface area contributed by atoms with Crippen molar-refractivity contribution in [2.75, 3.05) is 19.7 Å². The summed E-state index contributed by atoms with van der Waals surface area (Å²) < 4.78 is 5.69. The zero-order valence-electron chi connectivity index (χ0n) is 11.9. The summed E-state index contributed by atoms with van der Waals surface area (Å²) in [5.41, 5.74) is 1.32. The molecule has 106 valence electrons. The van der Waals surface area contributed by atoms with E-state index in [-0.39, 0.29) is 5.38 Å². The second-order valence-electron chi connectivity index (χ2n) is 5.30. The van der Waals surface area contributed by atoms with Gasteiger partial charge < -0.3 is 10.1 Å². The molecule has 0 aliphatic carbocycles. The third-order valence-corrected chi connectivity index (χ3v) is 4.60. The molecular formula is C16H24ClNO. The Morgan fingerprint density at radius 1 is 1.32 bits per heavy atom. The van der Waals surface area contributed by atoms with Gasteiger partial charge in [-0.2, -0.15) is 0 Å². The Kier molecular flexibility index (Phi) is 5.53. The van der Waals surface area contributed by atoms with Gasteiger partial charge in [-0.05, 0) is 12.0 Å². The van der Waals surface area contributed by atoms with Crippen molar-refractivity contribution in [3.05, 3.63) is 29.8 Å². The zero-order valence-corrected chi connectivity index (χ0v) is 12.6. The lowest BCUT2D eigenvalue weighted by Crippen LogP contribution is -2.32. The highest BCUT2D eigenvalue weighted by Gasteiger charge is 2.23. The van der Waals surface area contributed by atoms with Crippen molar-refractivity contribution >= 4 is 11.6 Å². The lowest BCUT2D eigenvalue weighted by molar-refractivity contribution is 0.325. The van der Waals surface area contributed by atoms with Crippen LogP contribution in [0.2, 0.25) is 0 Å². The van der Waals surface area contributed by atoms with E-state index in [1.165, 1.54) is 5.56 Å². The van der Waals surface area contributed by atoms with Crippen LogP contribution in [0.15, 0.2) is 24.3 Å². The fraction of sp³-hybridized carbons (Fsp3) is 0.625. The monoisotopic (exact) mass is 281 g/mol. The van der Waals surface area contributed by atoms with Crippen molar-refractivity contribution in [3.63, 3.8) is 0 Å². The van der Waals surface area contributed by atoms with Crippen molar-refractivity contribution < 1.29 is 4.74 Å². The van der Waals surface area contributed by atoms with Crippen LogP contribution in [0.3, 0.4) is 0 Å². The molecule has 2 rings (SSSR count). The van der Waals surface area contributed by atoms with E-state index in [1.807, 2.05) is 12.1 Å². The van der Waals surface area contributed by atoms with Gasteiger partial charge in [-0.15, -0.1) is 11.6 Å². The lowest BCUT2D eigenvalue weighted by Gasteiger charge is -2.20. The summed E-state index contributed by atoms with van der Waals surface area (Å²) in [7, 11) is 0. The molecule has 0 aromatic heterocycles. The lowest BCUT2D eigenvalue weighted by atomic mass is 9.98. The van der Waals surface area contributed by atoms with E-state index in [0.29, 0.717) is 11.8 Å². The number of alkyl halides is 1. The highest BCUT2D eigenvalue weighted by Crippen LogP contribution is 2.32. The van der Waals surface area contributed by atoms with E-state index >= 15 is 0 Å². The normalized spacial score (nSPS) is 19.3. The minimum absolute atomic E-state index is 0.229. The molecule has 0 radical (unpaired) electrons. The molecule has 1 aliphatic heterocycles. The van der Waals surface area contributed by atoms with E-state index in [2.05, 4.69) is 31.3 Å². The second kappa shape index (κ2) is 7.16. The van der Waals surface area contributed by atoms with Crippen molar-refractivity contribution in [1.29, 1.82) is 0 Å². The number of hydrogen-bond donors (Lipinski definition) is 1. The molecule has 19 heavy (non-hydrogen) atoms. The van der Waals surface area contributed by atoms with Crippen LogP contribution in [0.5, 0.6) is 5.75 Å². The summed E-state index contributed by atoms with van der Waals surface area (Å²) in [5, 5.41) is 3.73. The van der Waals surface area contributed by atoms with Crippen molar-refractivity contribution in [3.8, 4) is 5.75 Å². The molecule has 2 unspecified atom stereocenters. The van der Waals surface area contributed by atoms with Crippen LogP contribution in [0.1, 0.15) is 38.2 Å². The summed E-state index contributed by atoms with van der Waals surface area (Å²) >= 11 is 6.44. The van der Waals surface area contributed by atoms with Gasteiger partial charge >= 0.3 is 0 Å². The molecule has 1 aromatic carbocycles. The SMILES string of the molecule is CCC(CC)C(Cl)CNCC1COc2ccccc21. The van der Waals surface area contributed by atoms with Crippen molar-refractivity contribution in [1.82, 2.24) is 5.32 Å². The van der Waals surface area contributed by atoms with E-state index < -0.39 is 0 Å². The summed E-state index contributed by atoms with van der Waals surface area (Å²) in [6, 6.07) is 8.31. The largest absolute Gasteiger partial charge is 0.493 e. The van der Waals surface area contributed by atoms with Crippen LogP contribution < -0.4 is 10.1 Å². The van der Waals surface area contributed by atoms with E-state index in [1.54, 1.807) is 0 Å². The van der Waals surface area contributed by atoms with Gasteiger partial charge in [-0.3, -0.25) is 0 Å².